The van der Waals surface area contributed by atoms with Gasteiger partial charge in [0.05, 0.1) is 11.0 Å². The second kappa shape index (κ2) is 47.8. The van der Waals surface area contributed by atoms with Gasteiger partial charge in [0.2, 0.25) is 0 Å². The van der Waals surface area contributed by atoms with Crippen molar-refractivity contribution in [2.24, 2.45) is 14.1 Å². The lowest BCUT2D eigenvalue weighted by molar-refractivity contribution is 0.659. The third-order valence-electron chi connectivity index (χ3n) is 22.8. The van der Waals surface area contributed by atoms with Crippen LogP contribution in [-0.4, -0.2) is 9.13 Å². The number of fused-ring (bicyclic) bond motifs is 12. The van der Waals surface area contributed by atoms with E-state index in [0.29, 0.717) is 0 Å². The minimum atomic E-state index is -0.0711. The highest BCUT2D eigenvalue weighted by atomic mass is 15.2. The first-order chi connectivity index (χ1) is 56.6. The molecule has 2 aliphatic rings. The van der Waals surface area contributed by atoms with Crippen LogP contribution < -0.4 is 14.7 Å². The van der Waals surface area contributed by atoms with Gasteiger partial charge in [-0.1, -0.05) is 304 Å². The molecule has 0 spiro atoms. The molecule has 0 N–H and O–H groups in total. The summed E-state index contributed by atoms with van der Waals surface area (Å²) in [5.41, 5.74) is 37.9. The van der Waals surface area contributed by atoms with Crippen LogP contribution in [0.5, 0.6) is 0 Å². The van der Waals surface area contributed by atoms with Crippen molar-refractivity contribution in [2.45, 2.75) is 211 Å². The summed E-state index contributed by atoms with van der Waals surface area (Å²) in [7, 11) is 4.33. The van der Waals surface area contributed by atoms with Gasteiger partial charge in [0, 0.05) is 131 Å². The van der Waals surface area contributed by atoms with Gasteiger partial charge in [0.15, 0.2) is 0 Å². The molecular weight excluding hydrogens is 1560 g/mol. The van der Waals surface area contributed by atoms with Gasteiger partial charge in [-0.25, -0.2) is 0 Å². The summed E-state index contributed by atoms with van der Waals surface area (Å²) in [5.74, 6) is 24.3. The van der Waals surface area contributed by atoms with Gasteiger partial charge in [-0.3, -0.25) is 0 Å². The van der Waals surface area contributed by atoms with Crippen LogP contribution in [0.3, 0.4) is 0 Å². The van der Waals surface area contributed by atoms with Crippen LogP contribution in [0.1, 0.15) is 236 Å². The van der Waals surface area contributed by atoms with E-state index in [9.17, 15) is 0 Å². The largest absolute Gasteiger partial charge is 0.344 e. The summed E-state index contributed by atoms with van der Waals surface area (Å²) < 4.78 is 4.63. The van der Waals surface area contributed by atoms with Crippen molar-refractivity contribution in [1.82, 2.24) is 9.13 Å². The smallest absolute Gasteiger partial charge is 0.0509 e. The van der Waals surface area contributed by atoms with E-state index in [1.54, 1.807) is 0 Å². The lowest BCUT2D eigenvalue weighted by Crippen LogP contribution is -2.18. The third kappa shape index (κ3) is 22.7. The standard InChI is InChI=1S/C41H37N.C37H31N3.C23H21N.C9H8.C2H6.12CH4/c1-8-9-28-12-14-29(15-13-28)42(30-16-20-34-32-18-10-26(2)22-36(32)40(4,5)38(34)24-30)31-17-21-35-33-19-11-27(3)23-37(33)41(6,7)39(35)25-31;1-6-7-26-10-12-27(13-11-26)40(28-14-18-32-30-16-8-24(2)20-34(30)38(4)36(32)22-28)29-15-19-33-31-17-9-25(3)21-35(31)39(5)37(33)23-29;1-4-5-20-10-16-23(17-11-20)24(21-12-6-18(2)7-13-21)22-14-8-19(3)9-15-22;1-2-6-9-7-4-3-5-8-9;1-2;;;;;;;;;;;;/h10-25H,1-7H3;8-23H,1-5H3;6-17H,1-3H3;3-5,7-8H,1H3;1-2H3;12*1H4. The second-order valence-corrected chi connectivity index (χ2v) is 31.6. The van der Waals surface area contributed by atoms with Gasteiger partial charge in [-0.15, -0.1) is 23.7 Å². The van der Waals surface area contributed by atoms with E-state index >= 15 is 0 Å². The monoisotopic (exact) mass is 1710 g/mol. The normalized spacial score (nSPS) is 10.8. The average molecular weight is 1710 g/mol. The Morgan fingerprint density at radius 2 is 0.419 bits per heavy atom. The summed E-state index contributed by atoms with van der Waals surface area (Å²) in [6.07, 6.45) is 0. The van der Waals surface area contributed by atoms with Crippen LogP contribution in [0.4, 0.5) is 51.2 Å². The number of hydrogen-bond acceptors (Lipinski definition) is 3. The summed E-state index contributed by atoms with van der Waals surface area (Å²) in [6.45, 7) is 33.8. The van der Waals surface area contributed by atoms with E-state index < -0.39 is 0 Å². The molecule has 5 nitrogen and oxygen atoms in total. The molecular formula is C124H151N5. The summed E-state index contributed by atoms with van der Waals surface area (Å²) in [6, 6.07) is 108. The van der Waals surface area contributed by atoms with E-state index in [-0.39, 0.29) is 99.9 Å². The fraction of sp³-hybridized carbons (Fsp3) is 0.258. The Morgan fingerprint density at radius 1 is 0.217 bits per heavy atom. The average Bonchev–Trinajstić information content (AvgIpc) is 1.58. The second-order valence-electron chi connectivity index (χ2n) is 31.6. The predicted molar refractivity (Wildman–Crippen MR) is 584 cm³/mol. The van der Waals surface area contributed by atoms with Crippen LogP contribution in [0.15, 0.2) is 297 Å². The maximum Gasteiger partial charge on any atom is 0.0509 e. The molecule has 2 aromatic heterocycles. The molecule has 0 atom stereocenters. The number of benzene rings is 14. The minimum absolute atomic E-state index is 0. The molecule has 2 aliphatic carbocycles. The van der Waals surface area contributed by atoms with Crippen LogP contribution in [-0.2, 0) is 24.9 Å². The van der Waals surface area contributed by atoms with Gasteiger partial charge < -0.3 is 23.8 Å². The number of aryl methyl sites for hydroxylation is 8. The van der Waals surface area contributed by atoms with E-state index in [1.165, 1.54) is 133 Å². The Bertz CT molecular complexity index is 6370. The van der Waals surface area contributed by atoms with Crippen LogP contribution in [0.25, 0.3) is 65.9 Å². The van der Waals surface area contributed by atoms with Crippen molar-refractivity contribution in [1.29, 1.82) is 0 Å². The van der Waals surface area contributed by atoms with Gasteiger partial charge in [-0.2, -0.15) is 0 Å². The topological polar surface area (TPSA) is 19.6 Å². The summed E-state index contributed by atoms with van der Waals surface area (Å²) in [5, 5.41) is 5.12. The Kier molecular flexibility index (Phi) is 41.2. The fourth-order valence-electron chi connectivity index (χ4n) is 16.7. The molecule has 0 fully saturated rings. The lowest BCUT2D eigenvalue weighted by atomic mass is 9.81. The van der Waals surface area contributed by atoms with Crippen molar-refractivity contribution in [2.75, 3.05) is 14.7 Å². The first-order valence-electron chi connectivity index (χ1n) is 40.7. The first kappa shape index (κ1) is 111. The van der Waals surface area contributed by atoms with Crippen molar-refractivity contribution in [3.8, 4) is 69.6 Å². The molecule has 16 aromatic rings. The molecule has 129 heavy (non-hydrogen) atoms. The predicted octanol–water partition coefficient (Wildman–Crippen LogP) is 37.1. The Morgan fingerprint density at radius 3 is 0.713 bits per heavy atom. The first-order valence-corrected chi connectivity index (χ1v) is 40.7. The van der Waals surface area contributed by atoms with E-state index in [2.05, 4.69) is 421 Å². The summed E-state index contributed by atoms with van der Waals surface area (Å²) >= 11 is 0. The molecule has 0 amide bonds. The number of hydrogen-bond donors (Lipinski definition) is 0. The van der Waals surface area contributed by atoms with Crippen molar-refractivity contribution >= 4 is 94.8 Å². The van der Waals surface area contributed by atoms with Crippen LogP contribution >= 0.6 is 0 Å². The van der Waals surface area contributed by atoms with Gasteiger partial charge >= 0.3 is 0 Å². The maximum atomic E-state index is 3.20. The van der Waals surface area contributed by atoms with Gasteiger partial charge in [0.1, 0.15) is 0 Å². The Labute approximate surface area is 783 Å². The number of nitrogens with zero attached hydrogens (tertiary/aromatic N) is 5. The quantitative estimate of drug-likeness (QED) is 0.134. The highest BCUT2D eigenvalue weighted by Gasteiger charge is 2.38. The molecule has 0 bridgehead atoms. The maximum absolute atomic E-state index is 3.20. The zero-order valence-corrected chi connectivity index (χ0v) is 71.0. The molecule has 2 heterocycles. The van der Waals surface area contributed by atoms with Crippen molar-refractivity contribution < 1.29 is 0 Å². The van der Waals surface area contributed by atoms with Crippen molar-refractivity contribution in [3.63, 3.8) is 0 Å². The van der Waals surface area contributed by atoms with Crippen LogP contribution in [0.2, 0.25) is 0 Å². The minimum Gasteiger partial charge on any atom is -0.344 e. The fourth-order valence-corrected chi connectivity index (χ4v) is 16.7. The van der Waals surface area contributed by atoms with E-state index in [1.807, 2.05) is 71.9 Å². The molecule has 0 saturated carbocycles. The van der Waals surface area contributed by atoms with Crippen LogP contribution in [0, 0.1) is 88.9 Å². The highest BCUT2D eigenvalue weighted by Crippen LogP contribution is 2.54. The van der Waals surface area contributed by atoms with Gasteiger partial charge in [0.25, 0.3) is 0 Å². The zero-order chi connectivity index (χ0) is 82.4. The third-order valence-corrected chi connectivity index (χ3v) is 22.8. The zero-order valence-electron chi connectivity index (χ0n) is 71.0. The molecule has 0 radical (unpaired) electrons. The lowest BCUT2D eigenvalue weighted by Gasteiger charge is -2.29. The molecule has 14 aromatic carbocycles. The molecule has 18 rings (SSSR count). The Balaban J connectivity index is 0.000000606. The number of aromatic nitrogens is 2. The van der Waals surface area contributed by atoms with Gasteiger partial charge in [-0.05, 0) is 295 Å². The highest BCUT2D eigenvalue weighted by molar-refractivity contribution is 6.11. The van der Waals surface area contributed by atoms with E-state index in [4.69, 9.17) is 0 Å². The molecule has 672 valence electrons. The SMILES string of the molecule is C.C.C.C.C.C.C.C.C.C.C.C.CC.CC#Cc1ccc(N(c2ccc(C)cc2)c2ccc(C)cc2)cc1.CC#Cc1ccc(N(c2ccc3c(c2)C(C)(C)c2cc(C)ccc2-3)c2ccc3c(c2)C(C)(C)c2cc(C)ccc2-3)cc1.CC#Cc1ccc(N(c2ccc3c4ccc(C)cc4n(C)c3c2)c2ccc3c4ccc(C)cc4n(C)c3c2)cc1.CC#Cc1ccccc1. The molecule has 0 unspecified atom stereocenters. The molecule has 5 heteroatoms. The number of anilines is 9. The number of rotatable bonds is 9. The Hall–Kier alpha value is -13.7. The van der Waals surface area contributed by atoms with Crippen molar-refractivity contribution in [3.05, 3.63) is 375 Å². The van der Waals surface area contributed by atoms with E-state index in [0.717, 1.165) is 62.1 Å². The molecule has 0 saturated heterocycles. The summed E-state index contributed by atoms with van der Waals surface area (Å²) in [4.78, 5) is 7.04. The molecule has 0 aliphatic heterocycles.